The first-order valence-corrected chi connectivity index (χ1v) is 6.70. The Morgan fingerprint density at radius 1 is 1.09 bits per heavy atom. The van der Waals surface area contributed by atoms with Crippen LogP contribution in [0.5, 0.6) is 0 Å². The van der Waals surface area contributed by atoms with Crippen LogP contribution >= 0.6 is 11.6 Å². The molecule has 0 spiro atoms. The highest BCUT2D eigenvalue weighted by Gasteiger charge is 2.07. The van der Waals surface area contributed by atoms with Gasteiger partial charge in [0.1, 0.15) is 6.33 Å². The highest BCUT2D eigenvalue weighted by molar-refractivity contribution is 6.32. The van der Waals surface area contributed by atoms with E-state index in [1.807, 2.05) is 0 Å². The Kier molecular flexibility index (Phi) is 3.82. The standard InChI is InChI=1S/C8H7ClN6O.C6H4/c9-5-2-1-3-11-6(5)15-4-12-7(14-10)13-8(15)16;1-2-6-4-3-5(1)6/h1-4H,10H2,(H,13,14,16);1-4H. The van der Waals surface area contributed by atoms with Crippen LogP contribution in [0.1, 0.15) is 0 Å². The van der Waals surface area contributed by atoms with Gasteiger partial charge in [-0.3, -0.25) is 5.43 Å². The number of halogens is 1. The van der Waals surface area contributed by atoms with Gasteiger partial charge in [0.15, 0.2) is 5.82 Å². The van der Waals surface area contributed by atoms with E-state index in [1.54, 1.807) is 12.1 Å². The molecule has 2 aromatic rings. The summed E-state index contributed by atoms with van der Waals surface area (Å²) < 4.78 is 1.13. The summed E-state index contributed by atoms with van der Waals surface area (Å²) in [7, 11) is 0. The van der Waals surface area contributed by atoms with E-state index in [9.17, 15) is 4.79 Å². The smallest absolute Gasteiger partial charge is 0.292 e. The number of hydrazine groups is 1. The Hall–Kier alpha value is -2.77. The van der Waals surface area contributed by atoms with Crippen LogP contribution in [0.2, 0.25) is 5.02 Å². The zero-order chi connectivity index (χ0) is 15.5. The normalized spacial score (nSPS) is 10.5. The van der Waals surface area contributed by atoms with E-state index in [2.05, 4.69) is 44.6 Å². The molecule has 7 nitrogen and oxygen atoms in total. The van der Waals surface area contributed by atoms with E-state index >= 15 is 0 Å². The third kappa shape index (κ3) is 2.67. The average Bonchev–Trinajstić information content (AvgIpc) is 2.52. The van der Waals surface area contributed by atoms with Gasteiger partial charge < -0.3 is 0 Å². The summed E-state index contributed by atoms with van der Waals surface area (Å²) in [5.74, 6) is 5.38. The molecule has 0 saturated carbocycles. The number of benzene rings is 1. The van der Waals surface area contributed by atoms with Gasteiger partial charge in [0, 0.05) is 6.20 Å². The predicted octanol–water partition coefficient (Wildman–Crippen LogP) is 1.63. The van der Waals surface area contributed by atoms with Crippen molar-refractivity contribution in [1.29, 1.82) is 0 Å². The topological polar surface area (TPSA) is 98.7 Å². The van der Waals surface area contributed by atoms with E-state index in [4.69, 9.17) is 17.4 Å². The van der Waals surface area contributed by atoms with Crippen molar-refractivity contribution in [2.75, 3.05) is 5.43 Å². The van der Waals surface area contributed by atoms with E-state index in [-0.39, 0.29) is 11.8 Å². The van der Waals surface area contributed by atoms with Crippen LogP contribution in [0.25, 0.3) is 16.9 Å². The van der Waals surface area contributed by atoms with Crippen LogP contribution in [-0.2, 0) is 0 Å². The molecule has 4 rings (SSSR count). The summed E-state index contributed by atoms with van der Waals surface area (Å²) >= 11 is 5.89. The summed E-state index contributed by atoms with van der Waals surface area (Å²) in [6.07, 6.45) is 2.77. The van der Waals surface area contributed by atoms with Gasteiger partial charge in [-0.1, -0.05) is 35.9 Å². The van der Waals surface area contributed by atoms with Crippen molar-refractivity contribution < 1.29 is 0 Å². The summed E-state index contributed by atoms with van der Waals surface area (Å²) in [5, 5.41) is 0.335. The molecule has 0 saturated heterocycles. The van der Waals surface area contributed by atoms with Gasteiger partial charge in [0.25, 0.3) is 0 Å². The summed E-state index contributed by atoms with van der Waals surface area (Å²) in [6, 6.07) is 11.8. The molecule has 2 aromatic heterocycles. The molecule has 2 aliphatic rings. The van der Waals surface area contributed by atoms with Crippen LogP contribution in [0.4, 0.5) is 5.95 Å². The van der Waals surface area contributed by atoms with Crippen LogP contribution in [-0.4, -0.2) is 19.5 Å². The Morgan fingerprint density at radius 3 is 2.23 bits per heavy atom. The second-order valence-electron chi connectivity index (χ2n) is 4.36. The number of pyridine rings is 1. The zero-order valence-electron chi connectivity index (χ0n) is 11.3. The quantitative estimate of drug-likeness (QED) is 0.431. The van der Waals surface area contributed by atoms with Crippen molar-refractivity contribution in [3.05, 3.63) is 64.4 Å². The maximum absolute atomic E-state index is 11.6. The summed E-state index contributed by atoms with van der Waals surface area (Å²) in [4.78, 5) is 22.9. The SMILES string of the molecule is NNc1ncn(-c2ncccc2Cl)c(=O)n1.c1cc2ccc1-2. The third-order valence-corrected chi connectivity index (χ3v) is 3.31. The van der Waals surface area contributed by atoms with Crippen LogP contribution in [0.3, 0.4) is 0 Å². The van der Waals surface area contributed by atoms with Crippen molar-refractivity contribution in [3.63, 3.8) is 0 Å². The zero-order valence-corrected chi connectivity index (χ0v) is 12.0. The molecule has 3 N–H and O–H groups in total. The average molecular weight is 315 g/mol. The predicted molar refractivity (Wildman–Crippen MR) is 83.7 cm³/mol. The molecule has 2 heterocycles. The Labute approximate surface area is 130 Å². The van der Waals surface area contributed by atoms with Crippen LogP contribution < -0.4 is 17.0 Å². The number of fused-ring (bicyclic) bond motifs is 1. The van der Waals surface area contributed by atoms with Gasteiger partial charge in [-0.2, -0.15) is 4.98 Å². The van der Waals surface area contributed by atoms with E-state index < -0.39 is 5.69 Å². The fourth-order valence-corrected chi connectivity index (χ4v) is 1.98. The molecule has 0 atom stereocenters. The molecule has 110 valence electrons. The van der Waals surface area contributed by atoms with Gasteiger partial charge in [0.2, 0.25) is 5.95 Å². The van der Waals surface area contributed by atoms with Crippen LogP contribution in [0.15, 0.2) is 53.7 Å². The Balaban J connectivity index is 0.000000196. The van der Waals surface area contributed by atoms with Crippen molar-refractivity contribution in [2.24, 2.45) is 5.84 Å². The molecular formula is C14H11ClN6O. The molecule has 2 aliphatic carbocycles. The van der Waals surface area contributed by atoms with Crippen molar-refractivity contribution in [3.8, 4) is 16.9 Å². The maximum Gasteiger partial charge on any atom is 0.357 e. The Morgan fingerprint density at radius 2 is 1.77 bits per heavy atom. The fourth-order valence-electron chi connectivity index (χ4n) is 1.77. The third-order valence-electron chi connectivity index (χ3n) is 3.02. The lowest BCUT2D eigenvalue weighted by atomic mass is 9.95. The molecule has 8 heteroatoms. The first-order valence-electron chi connectivity index (χ1n) is 6.32. The maximum atomic E-state index is 11.6. The number of nitrogens with two attached hydrogens (primary N) is 1. The molecule has 0 amide bonds. The number of rotatable bonds is 2. The lowest BCUT2D eigenvalue weighted by Gasteiger charge is -2.10. The lowest BCUT2D eigenvalue weighted by molar-refractivity contribution is 0.835. The minimum Gasteiger partial charge on any atom is -0.292 e. The van der Waals surface area contributed by atoms with E-state index in [1.165, 1.54) is 23.7 Å². The van der Waals surface area contributed by atoms with Crippen molar-refractivity contribution in [1.82, 2.24) is 19.5 Å². The van der Waals surface area contributed by atoms with Crippen LogP contribution in [0, 0.1) is 0 Å². The van der Waals surface area contributed by atoms with Gasteiger partial charge in [-0.15, -0.1) is 0 Å². The Bertz CT molecular complexity index is 841. The lowest BCUT2D eigenvalue weighted by Crippen LogP contribution is -2.25. The monoisotopic (exact) mass is 314 g/mol. The second kappa shape index (κ2) is 5.92. The first kappa shape index (κ1) is 14.2. The van der Waals surface area contributed by atoms with E-state index in [0.29, 0.717) is 5.02 Å². The number of hydrogen-bond acceptors (Lipinski definition) is 6. The number of aromatic nitrogens is 4. The number of hydrogen-bond donors (Lipinski definition) is 2. The highest BCUT2D eigenvalue weighted by Crippen LogP contribution is 2.29. The fraction of sp³-hybridized carbons (Fsp3) is 0. The van der Waals surface area contributed by atoms with Crippen molar-refractivity contribution >= 4 is 17.5 Å². The molecule has 0 aliphatic heterocycles. The molecule has 0 radical (unpaired) electrons. The molecule has 0 bridgehead atoms. The molecule has 0 fully saturated rings. The largest absolute Gasteiger partial charge is 0.357 e. The van der Waals surface area contributed by atoms with Crippen molar-refractivity contribution in [2.45, 2.75) is 0 Å². The van der Waals surface area contributed by atoms with Gasteiger partial charge in [-0.05, 0) is 23.3 Å². The molecule has 0 unspecified atom stereocenters. The molecule has 22 heavy (non-hydrogen) atoms. The number of nitrogen functional groups attached to an aromatic ring is 1. The minimum atomic E-state index is -0.566. The van der Waals surface area contributed by atoms with Gasteiger partial charge in [-0.25, -0.2) is 25.2 Å². The van der Waals surface area contributed by atoms with Gasteiger partial charge >= 0.3 is 5.69 Å². The minimum absolute atomic E-state index is 0.0355. The molecule has 0 aromatic carbocycles. The van der Waals surface area contributed by atoms with Gasteiger partial charge in [0.05, 0.1) is 5.02 Å². The van der Waals surface area contributed by atoms with E-state index in [0.717, 1.165) is 4.57 Å². The number of anilines is 1. The molecular weight excluding hydrogens is 304 g/mol. The number of nitrogens with one attached hydrogen (secondary N) is 1. The first-order chi connectivity index (χ1) is 10.7. The summed E-state index contributed by atoms with van der Waals surface area (Å²) in [6.45, 7) is 0. The summed E-state index contributed by atoms with van der Waals surface area (Å²) in [5.41, 5.74) is 4.46. The second-order valence-corrected chi connectivity index (χ2v) is 4.77. The number of nitrogens with zero attached hydrogens (tertiary/aromatic N) is 4. The highest BCUT2D eigenvalue weighted by atomic mass is 35.5.